The minimum atomic E-state index is -0.339. The number of allylic oxidation sites excluding steroid dienone is 3. The highest BCUT2D eigenvalue weighted by Gasteiger charge is 2.39. The second-order valence-electron chi connectivity index (χ2n) is 5.54. The van der Waals surface area contributed by atoms with Gasteiger partial charge in [-0.3, -0.25) is 4.79 Å². The van der Waals surface area contributed by atoms with Crippen molar-refractivity contribution in [3.63, 3.8) is 0 Å². The molecule has 5 heteroatoms. The molecule has 1 aromatic rings. The molecule has 0 radical (unpaired) electrons. The monoisotopic (exact) mass is 317 g/mol. The number of hydrogen-bond donors (Lipinski definition) is 1. The molecule has 0 saturated heterocycles. The van der Waals surface area contributed by atoms with Crippen LogP contribution in [0.5, 0.6) is 0 Å². The van der Waals surface area contributed by atoms with Crippen LogP contribution in [0.2, 0.25) is 0 Å². The lowest BCUT2D eigenvalue weighted by atomic mass is 9.76. The van der Waals surface area contributed by atoms with E-state index in [-0.39, 0.29) is 17.7 Å². The summed E-state index contributed by atoms with van der Waals surface area (Å²) in [6.45, 7) is 4.00. The number of carbonyl (C=O) groups is 2. The first-order chi connectivity index (χ1) is 10.6. The number of Topliss-reactive ketones (excluding diaryl/α,β-unsaturated/α-hetero) is 1. The van der Waals surface area contributed by atoms with Gasteiger partial charge in [-0.2, -0.15) is 11.3 Å². The third-order valence-electron chi connectivity index (χ3n) is 4.15. The van der Waals surface area contributed by atoms with Crippen LogP contribution in [0.4, 0.5) is 0 Å². The van der Waals surface area contributed by atoms with E-state index in [4.69, 9.17) is 4.74 Å². The fraction of sp³-hybridized carbons (Fsp3) is 0.412. The molecule has 22 heavy (non-hydrogen) atoms. The number of esters is 1. The smallest absolute Gasteiger partial charge is 0.336 e. The summed E-state index contributed by atoms with van der Waals surface area (Å²) in [5.41, 5.74) is 4.07. The van der Waals surface area contributed by atoms with Crippen LogP contribution in [0.15, 0.2) is 39.4 Å². The summed E-state index contributed by atoms with van der Waals surface area (Å²) in [7, 11) is 0. The number of hydrogen-bond acceptors (Lipinski definition) is 5. The van der Waals surface area contributed by atoms with Gasteiger partial charge in [-0.05, 0) is 49.1 Å². The molecule has 0 fully saturated rings. The Bertz CT molecular complexity index is 670. The second-order valence-corrected chi connectivity index (χ2v) is 6.32. The molecule has 1 aliphatic heterocycles. The molecule has 0 aromatic carbocycles. The molecule has 0 saturated carbocycles. The van der Waals surface area contributed by atoms with Gasteiger partial charge >= 0.3 is 5.97 Å². The first-order valence-corrected chi connectivity index (χ1v) is 8.51. The van der Waals surface area contributed by atoms with Crippen LogP contribution in [0.25, 0.3) is 0 Å². The Morgan fingerprint density at radius 2 is 2.27 bits per heavy atom. The number of rotatable bonds is 3. The van der Waals surface area contributed by atoms with Gasteiger partial charge in [0.2, 0.25) is 0 Å². The largest absolute Gasteiger partial charge is 0.463 e. The molecule has 116 valence electrons. The molecule has 1 aromatic heterocycles. The highest BCUT2D eigenvalue weighted by molar-refractivity contribution is 7.08. The Labute approximate surface area is 133 Å². The van der Waals surface area contributed by atoms with Crippen molar-refractivity contribution in [2.45, 2.75) is 39.0 Å². The van der Waals surface area contributed by atoms with E-state index in [9.17, 15) is 9.59 Å². The minimum Gasteiger partial charge on any atom is -0.463 e. The van der Waals surface area contributed by atoms with Gasteiger partial charge in [0, 0.05) is 29.3 Å². The number of ether oxygens (including phenoxy) is 1. The molecular weight excluding hydrogens is 298 g/mol. The van der Waals surface area contributed by atoms with Gasteiger partial charge in [0.15, 0.2) is 5.78 Å². The second kappa shape index (κ2) is 6.08. The van der Waals surface area contributed by atoms with Crippen LogP contribution in [0, 0.1) is 0 Å². The Morgan fingerprint density at radius 3 is 2.95 bits per heavy atom. The maximum Gasteiger partial charge on any atom is 0.336 e. The SMILES string of the molecule is CCOC(=O)C1=C(C)NC2=C(C(=O)CCC2)[C@H]1c1ccsc1. The summed E-state index contributed by atoms with van der Waals surface area (Å²) in [6, 6.07) is 1.99. The highest BCUT2D eigenvalue weighted by atomic mass is 32.1. The van der Waals surface area contributed by atoms with E-state index in [0.29, 0.717) is 18.6 Å². The molecule has 2 aliphatic rings. The predicted octanol–water partition coefficient (Wildman–Crippen LogP) is 3.28. The van der Waals surface area contributed by atoms with Crippen molar-refractivity contribution < 1.29 is 14.3 Å². The summed E-state index contributed by atoms with van der Waals surface area (Å²) >= 11 is 1.57. The van der Waals surface area contributed by atoms with Crippen LogP contribution < -0.4 is 5.32 Å². The van der Waals surface area contributed by atoms with E-state index in [0.717, 1.165) is 35.4 Å². The number of carbonyl (C=O) groups excluding carboxylic acids is 2. The van der Waals surface area contributed by atoms with Gasteiger partial charge in [-0.15, -0.1) is 0 Å². The standard InChI is InChI=1S/C17H19NO3S/c1-3-21-17(20)14-10(2)18-12-5-4-6-13(19)16(12)15(14)11-7-8-22-9-11/h7-9,15,18H,3-6H2,1-2H3/t15-/m0/s1. The van der Waals surface area contributed by atoms with E-state index in [2.05, 4.69) is 5.32 Å². The Balaban J connectivity index is 2.12. The van der Waals surface area contributed by atoms with Gasteiger partial charge in [-0.25, -0.2) is 4.79 Å². The van der Waals surface area contributed by atoms with Crippen LogP contribution in [0.1, 0.15) is 44.6 Å². The van der Waals surface area contributed by atoms with E-state index >= 15 is 0 Å². The molecular formula is C17H19NO3S. The normalized spacial score (nSPS) is 21.5. The van der Waals surface area contributed by atoms with Gasteiger partial charge in [0.1, 0.15) is 0 Å². The van der Waals surface area contributed by atoms with Gasteiger partial charge in [0.25, 0.3) is 0 Å². The van der Waals surface area contributed by atoms with Crippen molar-refractivity contribution in [3.8, 4) is 0 Å². The molecule has 0 spiro atoms. The number of thiophene rings is 1. The predicted molar refractivity (Wildman–Crippen MR) is 85.4 cm³/mol. The molecule has 3 rings (SSSR count). The average molecular weight is 317 g/mol. The zero-order valence-electron chi connectivity index (χ0n) is 12.8. The molecule has 1 N–H and O–H groups in total. The lowest BCUT2D eigenvalue weighted by Gasteiger charge is -2.33. The quantitative estimate of drug-likeness (QED) is 0.869. The van der Waals surface area contributed by atoms with Crippen LogP contribution in [-0.4, -0.2) is 18.4 Å². The first-order valence-electron chi connectivity index (χ1n) is 7.56. The minimum absolute atomic E-state index is 0.138. The fourth-order valence-corrected chi connectivity index (χ4v) is 3.92. The lowest BCUT2D eigenvalue weighted by molar-refractivity contribution is -0.138. The highest BCUT2D eigenvalue weighted by Crippen LogP contribution is 2.42. The Kier molecular flexibility index (Phi) is 4.16. The summed E-state index contributed by atoms with van der Waals surface area (Å²) in [6.07, 6.45) is 2.27. The summed E-state index contributed by atoms with van der Waals surface area (Å²) < 4.78 is 5.23. The van der Waals surface area contributed by atoms with Gasteiger partial charge in [0.05, 0.1) is 12.2 Å². The molecule has 0 amide bonds. The topological polar surface area (TPSA) is 55.4 Å². The van der Waals surface area contributed by atoms with E-state index < -0.39 is 0 Å². The van der Waals surface area contributed by atoms with Gasteiger partial charge in [-0.1, -0.05) is 0 Å². The molecule has 4 nitrogen and oxygen atoms in total. The van der Waals surface area contributed by atoms with E-state index in [1.807, 2.05) is 23.8 Å². The van der Waals surface area contributed by atoms with Crippen LogP contribution in [-0.2, 0) is 14.3 Å². The Hall–Kier alpha value is -1.88. The van der Waals surface area contributed by atoms with Crippen molar-refractivity contribution >= 4 is 23.1 Å². The first kappa shape index (κ1) is 15.0. The number of dihydropyridines is 1. The molecule has 0 unspecified atom stereocenters. The lowest BCUT2D eigenvalue weighted by Crippen LogP contribution is -2.34. The third-order valence-corrected chi connectivity index (χ3v) is 4.85. The number of nitrogens with one attached hydrogen (secondary N) is 1. The van der Waals surface area contributed by atoms with Crippen LogP contribution >= 0.6 is 11.3 Å². The Morgan fingerprint density at radius 1 is 1.45 bits per heavy atom. The van der Waals surface area contributed by atoms with E-state index in [1.165, 1.54) is 0 Å². The average Bonchev–Trinajstić information content (AvgIpc) is 3.00. The summed E-state index contributed by atoms with van der Waals surface area (Å²) in [5.74, 6) is -0.498. The van der Waals surface area contributed by atoms with Crippen molar-refractivity contribution in [2.75, 3.05) is 6.61 Å². The van der Waals surface area contributed by atoms with Crippen molar-refractivity contribution in [1.82, 2.24) is 5.32 Å². The number of ketones is 1. The fourth-order valence-electron chi connectivity index (χ4n) is 3.24. The van der Waals surface area contributed by atoms with Crippen molar-refractivity contribution in [2.24, 2.45) is 0 Å². The summed E-state index contributed by atoms with van der Waals surface area (Å²) in [5, 5.41) is 7.26. The van der Waals surface area contributed by atoms with Gasteiger partial charge < -0.3 is 10.1 Å². The molecule has 1 atom stereocenters. The van der Waals surface area contributed by atoms with Crippen molar-refractivity contribution in [3.05, 3.63) is 44.9 Å². The zero-order chi connectivity index (χ0) is 15.7. The molecule has 0 bridgehead atoms. The summed E-state index contributed by atoms with van der Waals surface area (Å²) in [4.78, 5) is 24.9. The van der Waals surface area contributed by atoms with Crippen LogP contribution in [0.3, 0.4) is 0 Å². The van der Waals surface area contributed by atoms with Crippen molar-refractivity contribution in [1.29, 1.82) is 0 Å². The molecule has 1 aliphatic carbocycles. The van der Waals surface area contributed by atoms with E-state index in [1.54, 1.807) is 18.3 Å². The maximum atomic E-state index is 12.5. The third kappa shape index (κ3) is 2.50. The molecule has 2 heterocycles. The maximum absolute atomic E-state index is 12.5. The zero-order valence-corrected chi connectivity index (χ0v) is 13.6.